The number of hydrogen-bond acceptors (Lipinski definition) is 2. The highest BCUT2D eigenvalue weighted by Gasteiger charge is 2.19. The van der Waals surface area contributed by atoms with E-state index in [4.69, 9.17) is 11.6 Å². The number of rotatable bonds is 4. The molecule has 124 valence electrons. The van der Waals surface area contributed by atoms with E-state index in [1.807, 2.05) is 24.3 Å². The summed E-state index contributed by atoms with van der Waals surface area (Å²) in [6.45, 7) is 3.44. The van der Waals surface area contributed by atoms with Crippen molar-refractivity contribution in [3.05, 3.63) is 34.9 Å². The van der Waals surface area contributed by atoms with Crippen molar-refractivity contribution in [2.45, 2.75) is 51.3 Å². The van der Waals surface area contributed by atoms with Gasteiger partial charge < -0.3 is 15.7 Å². The molecule has 1 aliphatic carbocycles. The Kier molecular flexibility index (Phi) is 9.12. The first-order valence-electron chi connectivity index (χ1n) is 7.65. The van der Waals surface area contributed by atoms with Gasteiger partial charge >= 0.3 is 0 Å². The summed E-state index contributed by atoms with van der Waals surface area (Å²) < 4.78 is 0. The Labute approximate surface area is 154 Å². The molecule has 3 N–H and O–H groups in total. The lowest BCUT2D eigenvalue weighted by Gasteiger charge is -2.27. The molecular weight excluding hydrogens is 413 g/mol. The summed E-state index contributed by atoms with van der Waals surface area (Å²) in [4.78, 5) is 4.61. The topological polar surface area (TPSA) is 56.7 Å². The van der Waals surface area contributed by atoms with Gasteiger partial charge in [-0.15, -0.1) is 24.0 Å². The van der Waals surface area contributed by atoms with Gasteiger partial charge in [-0.2, -0.15) is 0 Å². The van der Waals surface area contributed by atoms with Gasteiger partial charge in [0.25, 0.3) is 0 Å². The van der Waals surface area contributed by atoms with Crippen molar-refractivity contribution < 1.29 is 5.11 Å². The van der Waals surface area contributed by atoms with E-state index < -0.39 is 0 Å². The van der Waals surface area contributed by atoms with Crippen LogP contribution in [0.5, 0.6) is 0 Å². The van der Waals surface area contributed by atoms with Gasteiger partial charge in [-0.1, -0.05) is 29.8 Å². The lowest BCUT2D eigenvalue weighted by atomic mass is 9.93. The molecule has 0 bridgehead atoms. The molecule has 1 fully saturated rings. The number of aliphatic hydroxyl groups is 1. The first-order valence-corrected chi connectivity index (χ1v) is 8.03. The Morgan fingerprint density at radius 3 is 2.59 bits per heavy atom. The minimum absolute atomic E-state index is 0. The quantitative estimate of drug-likeness (QED) is 0.385. The molecule has 0 radical (unpaired) electrons. The highest BCUT2D eigenvalue weighted by molar-refractivity contribution is 14.0. The molecule has 22 heavy (non-hydrogen) atoms. The molecule has 0 aliphatic heterocycles. The maximum atomic E-state index is 9.56. The number of nitrogens with zero attached hydrogens (tertiary/aromatic N) is 1. The Bertz CT molecular complexity index is 476. The van der Waals surface area contributed by atoms with Crippen molar-refractivity contribution in [3.8, 4) is 0 Å². The molecule has 1 saturated carbocycles. The Balaban J connectivity index is 0.00000242. The summed E-state index contributed by atoms with van der Waals surface area (Å²) in [7, 11) is 0. The predicted molar refractivity (Wildman–Crippen MR) is 103 cm³/mol. The molecular formula is C16H25ClIN3O. The molecule has 0 heterocycles. The molecule has 0 atom stereocenters. The van der Waals surface area contributed by atoms with Gasteiger partial charge in [-0.3, -0.25) is 0 Å². The SMILES string of the molecule is CCNC(=NCc1ccccc1Cl)NC1CCC(O)CC1.I. The van der Waals surface area contributed by atoms with Crippen LogP contribution in [0.3, 0.4) is 0 Å². The summed E-state index contributed by atoms with van der Waals surface area (Å²) in [6.07, 6.45) is 3.56. The molecule has 6 heteroatoms. The lowest BCUT2D eigenvalue weighted by Crippen LogP contribution is -2.45. The Morgan fingerprint density at radius 1 is 1.27 bits per heavy atom. The van der Waals surface area contributed by atoms with E-state index in [0.29, 0.717) is 12.6 Å². The molecule has 1 aromatic rings. The smallest absolute Gasteiger partial charge is 0.191 e. The average molecular weight is 438 g/mol. The van der Waals surface area contributed by atoms with Gasteiger partial charge in [0.15, 0.2) is 5.96 Å². The van der Waals surface area contributed by atoms with Crippen molar-refractivity contribution in [2.75, 3.05) is 6.54 Å². The molecule has 0 amide bonds. The van der Waals surface area contributed by atoms with Crippen LogP contribution in [0, 0.1) is 0 Å². The van der Waals surface area contributed by atoms with Crippen molar-refractivity contribution >= 4 is 41.5 Å². The Morgan fingerprint density at radius 2 is 1.95 bits per heavy atom. The summed E-state index contributed by atoms with van der Waals surface area (Å²) in [5, 5.41) is 17.0. The van der Waals surface area contributed by atoms with Gasteiger partial charge in [0.05, 0.1) is 12.6 Å². The maximum Gasteiger partial charge on any atom is 0.191 e. The molecule has 0 spiro atoms. The van der Waals surface area contributed by atoms with Gasteiger partial charge in [-0.05, 0) is 44.2 Å². The van der Waals surface area contributed by atoms with Gasteiger partial charge in [0.1, 0.15) is 0 Å². The van der Waals surface area contributed by atoms with Crippen LogP contribution in [0.4, 0.5) is 0 Å². The number of aliphatic hydroxyl groups excluding tert-OH is 1. The average Bonchev–Trinajstić information content (AvgIpc) is 2.49. The van der Waals surface area contributed by atoms with Crippen LogP contribution in [-0.4, -0.2) is 29.8 Å². The molecule has 1 aromatic carbocycles. The van der Waals surface area contributed by atoms with E-state index in [1.54, 1.807) is 0 Å². The van der Waals surface area contributed by atoms with E-state index in [-0.39, 0.29) is 30.1 Å². The van der Waals surface area contributed by atoms with E-state index in [0.717, 1.165) is 48.8 Å². The third-order valence-corrected chi connectivity index (χ3v) is 4.12. The largest absolute Gasteiger partial charge is 0.393 e. The molecule has 4 nitrogen and oxygen atoms in total. The van der Waals surface area contributed by atoms with E-state index in [1.165, 1.54) is 0 Å². The van der Waals surface area contributed by atoms with Crippen molar-refractivity contribution in [3.63, 3.8) is 0 Å². The minimum atomic E-state index is -0.134. The van der Waals surface area contributed by atoms with E-state index >= 15 is 0 Å². The van der Waals surface area contributed by atoms with Crippen LogP contribution in [0.1, 0.15) is 38.2 Å². The third kappa shape index (κ3) is 6.30. The first kappa shape index (κ1) is 19.5. The zero-order valence-electron chi connectivity index (χ0n) is 12.9. The van der Waals surface area contributed by atoms with E-state index in [2.05, 4.69) is 22.5 Å². The fourth-order valence-corrected chi connectivity index (χ4v) is 2.72. The predicted octanol–water partition coefficient (Wildman–Crippen LogP) is 3.32. The lowest BCUT2D eigenvalue weighted by molar-refractivity contribution is 0.120. The first-order chi connectivity index (χ1) is 10.2. The van der Waals surface area contributed by atoms with Crippen LogP contribution in [0.2, 0.25) is 5.02 Å². The van der Waals surface area contributed by atoms with Crippen LogP contribution < -0.4 is 10.6 Å². The summed E-state index contributed by atoms with van der Waals surface area (Å²) >= 11 is 6.15. The number of nitrogens with one attached hydrogen (secondary N) is 2. The fourth-order valence-electron chi connectivity index (χ4n) is 2.52. The minimum Gasteiger partial charge on any atom is -0.393 e. The number of benzene rings is 1. The molecule has 0 aromatic heterocycles. The summed E-state index contributed by atoms with van der Waals surface area (Å²) in [5.74, 6) is 0.818. The van der Waals surface area contributed by atoms with Crippen molar-refractivity contribution in [1.29, 1.82) is 0 Å². The molecule has 0 saturated heterocycles. The second-order valence-corrected chi connectivity index (χ2v) is 5.84. The van der Waals surface area contributed by atoms with Crippen LogP contribution in [0.25, 0.3) is 0 Å². The van der Waals surface area contributed by atoms with E-state index in [9.17, 15) is 5.11 Å². The molecule has 2 rings (SSSR count). The van der Waals surface area contributed by atoms with Crippen molar-refractivity contribution in [1.82, 2.24) is 10.6 Å². The number of hydrogen-bond donors (Lipinski definition) is 3. The zero-order chi connectivity index (χ0) is 15.1. The van der Waals surface area contributed by atoms with Gasteiger partial charge in [0.2, 0.25) is 0 Å². The summed E-state index contributed by atoms with van der Waals surface area (Å²) in [5.41, 5.74) is 1.02. The summed E-state index contributed by atoms with van der Waals surface area (Å²) in [6, 6.07) is 8.16. The van der Waals surface area contributed by atoms with Crippen LogP contribution in [0.15, 0.2) is 29.3 Å². The third-order valence-electron chi connectivity index (χ3n) is 3.75. The molecule has 1 aliphatic rings. The monoisotopic (exact) mass is 437 g/mol. The van der Waals surface area contributed by atoms with Crippen molar-refractivity contribution in [2.24, 2.45) is 4.99 Å². The number of halogens is 2. The van der Waals surface area contributed by atoms with Crippen LogP contribution >= 0.6 is 35.6 Å². The second kappa shape index (κ2) is 10.3. The molecule has 0 unspecified atom stereocenters. The van der Waals surface area contributed by atoms with Crippen LogP contribution in [-0.2, 0) is 6.54 Å². The second-order valence-electron chi connectivity index (χ2n) is 5.44. The Hall–Kier alpha value is -0.530. The number of aliphatic imine (C=N–C) groups is 1. The normalized spacial score (nSPS) is 21.9. The van der Waals surface area contributed by atoms with Gasteiger partial charge in [-0.25, -0.2) is 4.99 Å². The van der Waals surface area contributed by atoms with Gasteiger partial charge in [0, 0.05) is 17.6 Å². The zero-order valence-corrected chi connectivity index (χ0v) is 16.0. The maximum absolute atomic E-state index is 9.56. The number of guanidine groups is 1. The highest BCUT2D eigenvalue weighted by atomic mass is 127. The fraction of sp³-hybridized carbons (Fsp3) is 0.562. The standard InChI is InChI=1S/C16H24ClN3O.HI/c1-2-18-16(20-13-7-9-14(21)10-8-13)19-11-12-5-3-4-6-15(12)17;/h3-6,13-14,21H,2,7-11H2,1H3,(H2,18,19,20);1H. The highest BCUT2D eigenvalue weighted by Crippen LogP contribution is 2.18.